The first-order chi connectivity index (χ1) is 8.28. The third-order valence-corrected chi connectivity index (χ3v) is 4.50. The minimum atomic E-state index is -3.25. The number of rotatable bonds is 8. The molecule has 0 aromatic carbocycles. The molecule has 0 aliphatic carbocycles. The predicted octanol–water partition coefficient (Wildman–Crippen LogP) is -1.32. The highest BCUT2D eigenvalue weighted by Gasteiger charge is 2.29. The Hall–Kier alpha value is -1.15. The number of carboxylic acids is 1. The van der Waals surface area contributed by atoms with Crippen LogP contribution in [0.25, 0.3) is 0 Å². The number of carbonyl (C=O) groups excluding carboxylic acids is 1. The monoisotopic (exact) mass is 278 g/mol. The van der Waals surface area contributed by atoms with E-state index in [4.69, 9.17) is 10.8 Å². The smallest absolute Gasteiger partial charge is 0.303 e. The molecule has 0 radical (unpaired) electrons. The van der Waals surface area contributed by atoms with Crippen LogP contribution in [0.15, 0.2) is 0 Å². The minimum absolute atomic E-state index is 0.0138. The van der Waals surface area contributed by atoms with Crippen molar-refractivity contribution in [2.24, 2.45) is 11.7 Å². The number of likely N-dealkylation sites (tertiary alicyclic amines) is 1. The summed E-state index contributed by atoms with van der Waals surface area (Å²) in [6.45, 7) is 1.63. The first kappa shape index (κ1) is 14.9. The largest absolute Gasteiger partial charge is 0.481 e. The van der Waals surface area contributed by atoms with Crippen molar-refractivity contribution in [3.8, 4) is 0 Å². The van der Waals surface area contributed by atoms with E-state index in [2.05, 4.69) is 0 Å². The first-order valence-electron chi connectivity index (χ1n) is 5.71. The van der Waals surface area contributed by atoms with E-state index in [1.165, 1.54) is 0 Å². The molecule has 1 saturated heterocycles. The maximum absolute atomic E-state index is 11.5. The van der Waals surface area contributed by atoms with E-state index in [1.54, 1.807) is 0 Å². The lowest BCUT2D eigenvalue weighted by Gasteiger charge is -2.38. The summed E-state index contributed by atoms with van der Waals surface area (Å²) in [5.41, 5.74) is 4.89. The Morgan fingerprint density at radius 3 is 2.39 bits per heavy atom. The molecule has 1 amide bonds. The number of hydrogen-bond donors (Lipinski definition) is 2. The van der Waals surface area contributed by atoms with Crippen molar-refractivity contribution in [2.45, 2.75) is 12.8 Å². The molecule has 104 valence electrons. The van der Waals surface area contributed by atoms with Crippen LogP contribution in [0.1, 0.15) is 12.8 Å². The molecule has 0 aromatic rings. The molecule has 1 fully saturated rings. The van der Waals surface area contributed by atoms with Crippen molar-refractivity contribution in [3.05, 3.63) is 0 Å². The number of amides is 1. The van der Waals surface area contributed by atoms with E-state index in [0.29, 0.717) is 19.6 Å². The lowest BCUT2D eigenvalue weighted by Crippen LogP contribution is -2.49. The summed E-state index contributed by atoms with van der Waals surface area (Å²) >= 11 is 0. The van der Waals surface area contributed by atoms with E-state index in [0.717, 1.165) is 0 Å². The Bertz CT molecular complexity index is 414. The van der Waals surface area contributed by atoms with Gasteiger partial charge in [0.05, 0.1) is 17.9 Å². The van der Waals surface area contributed by atoms with Gasteiger partial charge in [0.1, 0.15) is 0 Å². The summed E-state index contributed by atoms with van der Waals surface area (Å²) in [7, 11) is -3.25. The third-order valence-electron chi connectivity index (χ3n) is 2.87. The molecule has 3 N–H and O–H groups in total. The Labute approximate surface area is 106 Å². The Morgan fingerprint density at radius 1 is 1.28 bits per heavy atom. The number of aliphatic carboxylic acids is 1. The molecule has 0 unspecified atom stereocenters. The number of nitrogens with two attached hydrogens (primary N) is 1. The van der Waals surface area contributed by atoms with Crippen LogP contribution in [0.3, 0.4) is 0 Å². The van der Waals surface area contributed by atoms with Gasteiger partial charge in [-0.15, -0.1) is 0 Å². The number of primary amides is 1. The standard InChI is InChI=1S/C10H18N2O5S/c11-9(13)1-3-18(16,17)4-2-12-6-8(7-12)5-10(14)15/h8H,1-7H2,(H2,11,13)(H,14,15). The fourth-order valence-electron chi connectivity index (χ4n) is 1.86. The summed E-state index contributed by atoms with van der Waals surface area (Å²) in [6, 6.07) is 0. The van der Waals surface area contributed by atoms with Gasteiger partial charge in [-0.25, -0.2) is 8.42 Å². The van der Waals surface area contributed by atoms with Gasteiger partial charge < -0.3 is 15.7 Å². The van der Waals surface area contributed by atoms with Crippen molar-refractivity contribution < 1.29 is 23.1 Å². The predicted molar refractivity (Wildman–Crippen MR) is 64.6 cm³/mol. The number of carboxylic acid groups (broad SMARTS) is 1. The maximum Gasteiger partial charge on any atom is 0.303 e. The van der Waals surface area contributed by atoms with Gasteiger partial charge in [-0.2, -0.15) is 0 Å². The molecule has 7 nitrogen and oxygen atoms in total. The van der Waals surface area contributed by atoms with Gasteiger partial charge in [0.15, 0.2) is 9.84 Å². The first-order valence-corrected chi connectivity index (χ1v) is 7.53. The van der Waals surface area contributed by atoms with Crippen LogP contribution in [-0.4, -0.2) is 61.4 Å². The van der Waals surface area contributed by atoms with Crippen LogP contribution in [0.5, 0.6) is 0 Å². The fraction of sp³-hybridized carbons (Fsp3) is 0.800. The van der Waals surface area contributed by atoms with Crippen LogP contribution >= 0.6 is 0 Å². The average molecular weight is 278 g/mol. The molecule has 0 bridgehead atoms. The summed E-state index contributed by atoms with van der Waals surface area (Å²) in [6.07, 6.45) is -0.0190. The molecule has 0 saturated carbocycles. The summed E-state index contributed by atoms with van der Waals surface area (Å²) in [5, 5.41) is 8.56. The summed E-state index contributed by atoms with van der Waals surface area (Å²) in [4.78, 5) is 22.8. The van der Waals surface area contributed by atoms with Crippen molar-refractivity contribution in [3.63, 3.8) is 0 Å². The minimum Gasteiger partial charge on any atom is -0.481 e. The van der Waals surface area contributed by atoms with Crippen LogP contribution < -0.4 is 5.73 Å². The number of sulfone groups is 1. The second kappa shape index (κ2) is 6.14. The zero-order valence-electron chi connectivity index (χ0n) is 10.0. The SMILES string of the molecule is NC(=O)CCS(=O)(=O)CCN1CC(CC(=O)O)C1. The quantitative estimate of drug-likeness (QED) is 0.569. The van der Waals surface area contributed by atoms with Gasteiger partial charge >= 0.3 is 5.97 Å². The van der Waals surface area contributed by atoms with Crippen molar-refractivity contribution in [1.82, 2.24) is 4.90 Å². The molecule has 1 aliphatic rings. The van der Waals surface area contributed by atoms with Crippen LogP contribution in [0.4, 0.5) is 0 Å². The number of nitrogens with zero attached hydrogens (tertiary/aromatic N) is 1. The lowest BCUT2D eigenvalue weighted by molar-refractivity contribution is -0.139. The molecular weight excluding hydrogens is 260 g/mol. The molecule has 1 aliphatic heterocycles. The molecule has 1 heterocycles. The Kier molecular flexibility index (Phi) is 5.09. The third kappa shape index (κ3) is 5.46. The average Bonchev–Trinajstić information content (AvgIpc) is 2.18. The van der Waals surface area contributed by atoms with Crippen molar-refractivity contribution in [1.29, 1.82) is 0 Å². The summed E-state index contributed by atoms with van der Waals surface area (Å²) < 4.78 is 23.0. The highest BCUT2D eigenvalue weighted by atomic mass is 32.2. The number of hydrogen-bond acceptors (Lipinski definition) is 5. The van der Waals surface area contributed by atoms with Gasteiger partial charge in [0.25, 0.3) is 0 Å². The van der Waals surface area contributed by atoms with Crippen molar-refractivity contribution in [2.75, 3.05) is 31.1 Å². The maximum atomic E-state index is 11.5. The highest BCUT2D eigenvalue weighted by Crippen LogP contribution is 2.18. The Balaban J connectivity index is 2.19. The molecule has 18 heavy (non-hydrogen) atoms. The lowest BCUT2D eigenvalue weighted by atomic mass is 9.97. The Morgan fingerprint density at radius 2 is 1.89 bits per heavy atom. The van der Waals surface area contributed by atoms with E-state index in [1.807, 2.05) is 4.90 Å². The second-order valence-electron chi connectivity index (χ2n) is 4.59. The molecule has 0 spiro atoms. The van der Waals surface area contributed by atoms with E-state index in [-0.39, 0.29) is 30.3 Å². The van der Waals surface area contributed by atoms with Gasteiger partial charge in [-0.1, -0.05) is 0 Å². The molecule has 0 atom stereocenters. The van der Waals surface area contributed by atoms with Gasteiger partial charge in [0.2, 0.25) is 5.91 Å². The molecule has 8 heteroatoms. The number of carbonyl (C=O) groups is 2. The zero-order chi connectivity index (χ0) is 13.8. The van der Waals surface area contributed by atoms with Crippen LogP contribution in [0, 0.1) is 5.92 Å². The van der Waals surface area contributed by atoms with E-state index >= 15 is 0 Å². The van der Waals surface area contributed by atoms with Crippen molar-refractivity contribution >= 4 is 21.7 Å². The van der Waals surface area contributed by atoms with Crippen LogP contribution in [0.2, 0.25) is 0 Å². The highest BCUT2D eigenvalue weighted by molar-refractivity contribution is 7.91. The second-order valence-corrected chi connectivity index (χ2v) is 6.90. The van der Waals surface area contributed by atoms with Gasteiger partial charge in [-0.05, 0) is 5.92 Å². The van der Waals surface area contributed by atoms with Crippen LogP contribution in [-0.2, 0) is 19.4 Å². The molecular formula is C10H18N2O5S. The summed E-state index contributed by atoms with van der Waals surface area (Å²) in [5.74, 6) is -1.55. The fourth-order valence-corrected chi connectivity index (χ4v) is 3.11. The topological polar surface area (TPSA) is 118 Å². The molecule has 0 aromatic heterocycles. The van der Waals surface area contributed by atoms with Gasteiger partial charge in [-0.3, -0.25) is 9.59 Å². The van der Waals surface area contributed by atoms with E-state index in [9.17, 15) is 18.0 Å². The molecule has 1 rings (SSSR count). The van der Waals surface area contributed by atoms with Gasteiger partial charge in [0, 0.05) is 26.1 Å². The van der Waals surface area contributed by atoms with E-state index < -0.39 is 21.7 Å². The normalized spacial score (nSPS) is 17.3. The zero-order valence-corrected chi connectivity index (χ0v) is 10.9.